The maximum Gasteiger partial charge on any atom is 0.410 e. The number of aromatic nitrogens is 1. The molecule has 8 nitrogen and oxygen atoms in total. The highest BCUT2D eigenvalue weighted by atomic mass is 32.2. The molecule has 9 heteroatoms. The molecule has 3 heterocycles. The monoisotopic (exact) mass is 498 g/mol. The van der Waals surface area contributed by atoms with Crippen LogP contribution in [0, 0.1) is 6.92 Å². The molecule has 186 valence electrons. The molecule has 1 aromatic heterocycles. The van der Waals surface area contributed by atoms with E-state index in [4.69, 9.17) is 14.2 Å². The predicted molar refractivity (Wildman–Crippen MR) is 130 cm³/mol. The summed E-state index contributed by atoms with van der Waals surface area (Å²) in [5.41, 5.74) is 2.51. The third-order valence-electron chi connectivity index (χ3n) is 6.80. The summed E-state index contributed by atoms with van der Waals surface area (Å²) in [6.07, 6.45) is 1.45. The fourth-order valence-electron chi connectivity index (χ4n) is 5.14. The zero-order valence-corrected chi connectivity index (χ0v) is 20.8. The van der Waals surface area contributed by atoms with Gasteiger partial charge in [-0.25, -0.2) is 13.2 Å². The summed E-state index contributed by atoms with van der Waals surface area (Å²) in [6, 6.07) is 13.5. The van der Waals surface area contributed by atoms with Gasteiger partial charge in [0.25, 0.3) is 0 Å². The van der Waals surface area contributed by atoms with E-state index in [1.807, 2.05) is 19.1 Å². The van der Waals surface area contributed by atoms with Crippen LogP contribution in [0.5, 0.6) is 0 Å². The summed E-state index contributed by atoms with van der Waals surface area (Å²) in [5.74, 6) is -0.890. The average Bonchev–Trinajstić information content (AvgIpc) is 3.47. The number of amides is 1. The number of aryl methyl sites for hydroxylation is 1. The number of nitrogens with zero attached hydrogens (tertiary/aromatic N) is 1. The highest BCUT2D eigenvalue weighted by Gasteiger charge is 2.51. The Bertz CT molecular complexity index is 1330. The number of rotatable bonds is 5. The molecule has 2 fully saturated rings. The summed E-state index contributed by atoms with van der Waals surface area (Å²) in [4.78, 5) is 18.3. The van der Waals surface area contributed by atoms with E-state index in [1.165, 1.54) is 0 Å². The number of piperidine rings is 1. The molecule has 2 aliphatic heterocycles. The van der Waals surface area contributed by atoms with Crippen molar-refractivity contribution < 1.29 is 27.4 Å². The highest BCUT2D eigenvalue weighted by Crippen LogP contribution is 2.38. The van der Waals surface area contributed by atoms with Crippen molar-refractivity contribution in [2.75, 3.05) is 26.4 Å². The number of benzene rings is 2. The third kappa shape index (κ3) is 4.32. The predicted octanol–water partition coefficient (Wildman–Crippen LogP) is 4.22. The summed E-state index contributed by atoms with van der Waals surface area (Å²) < 4.78 is 44.3. The summed E-state index contributed by atoms with van der Waals surface area (Å²) in [6.45, 7) is 5.47. The fourth-order valence-corrected chi connectivity index (χ4v) is 6.60. The minimum absolute atomic E-state index is 0.246. The second kappa shape index (κ2) is 9.29. The fraction of sp³-hybridized carbons (Fsp3) is 0.423. The van der Waals surface area contributed by atoms with E-state index in [-0.39, 0.29) is 16.4 Å². The van der Waals surface area contributed by atoms with E-state index in [0.29, 0.717) is 43.5 Å². The number of nitrogens with one attached hydrogen (secondary N) is 1. The number of hydrogen-bond donors (Lipinski definition) is 1. The van der Waals surface area contributed by atoms with Gasteiger partial charge in [0.05, 0.1) is 35.7 Å². The zero-order chi connectivity index (χ0) is 24.6. The largest absolute Gasteiger partial charge is 0.450 e. The van der Waals surface area contributed by atoms with Gasteiger partial charge >= 0.3 is 6.09 Å². The van der Waals surface area contributed by atoms with Crippen LogP contribution in [0.4, 0.5) is 4.79 Å². The van der Waals surface area contributed by atoms with Gasteiger partial charge in [0.1, 0.15) is 0 Å². The van der Waals surface area contributed by atoms with Crippen LogP contribution in [-0.2, 0) is 30.5 Å². The molecule has 0 bridgehead atoms. The molecule has 0 radical (unpaired) electrons. The lowest BCUT2D eigenvalue weighted by Gasteiger charge is -2.45. The molecular formula is C26H30N2O6S. The maximum atomic E-state index is 13.5. The van der Waals surface area contributed by atoms with E-state index in [0.717, 1.165) is 17.7 Å². The van der Waals surface area contributed by atoms with Gasteiger partial charge in [-0.1, -0.05) is 23.8 Å². The van der Waals surface area contributed by atoms with Crippen LogP contribution in [0.3, 0.4) is 0 Å². The van der Waals surface area contributed by atoms with Crippen molar-refractivity contribution in [1.82, 2.24) is 9.88 Å². The standard InChI is InChI=1S/C26H30N2O6S/c1-3-32-25(29)28-13-5-12-26(33-14-15-34-26)24(28)17-19-16-21-22(27-19)6-4-7-23(21)35(30,31)20-10-8-18(2)9-11-20/h4,6-11,16,24,27H,3,5,12-15,17H2,1-2H3. The lowest BCUT2D eigenvalue weighted by molar-refractivity contribution is -0.216. The zero-order valence-electron chi connectivity index (χ0n) is 20.0. The van der Waals surface area contributed by atoms with Crippen molar-refractivity contribution in [3.05, 3.63) is 59.8 Å². The molecule has 35 heavy (non-hydrogen) atoms. The number of carbonyl (C=O) groups excluding carboxylic acids is 1. The van der Waals surface area contributed by atoms with Crippen LogP contribution >= 0.6 is 0 Å². The topological polar surface area (TPSA) is 97.9 Å². The number of fused-ring (bicyclic) bond motifs is 1. The highest BCUT2D eigenvalue weighted by molar-refractivity contribution is 7.91. The van der Waals surface area contributed by atoms with Crippen LogP contribution in [-0.4, -0.2) is 62.6 Å². The minimum atomic E-state index is -3.71. The summed E-state index contributed by atoms with van der Waals surface area (Å²) in [5, 5.41) is 0.615. The van der Waals surface area contributed by atoms with E-state index >= 15 is 0 Å². The Morgan fingerprint density at radius 1 is 1.17 bits per heavy atom. The van der Waals surface area contributed by atoms with Crippen LogP contribution in [0.15, 0.2) is 58.3 Å². The first-order valence-electron chi connectivity index (χ1n) is 12.0. The molecule has 1 amide bonds. The molecule has 3 aromatic rings. The number of aromatic amines is 1. The van der Waals surface area contributed by atoms with E-state index in [2.05, 4.69) is 4.98 Å². The van der Waals surface area contributed by atoms with Crippen LogP contribution < -0.4 is 0 Å². The lowest BCUT2D eigenvalue weighted by Crippen LogP contribution is -2.60. The van der Waals surface area contributed by atoms with E-state index in [9.17, 15) is 13.2 Å². The molecule has 2 saturated heterocycles. The van der Waals surface area contributed by atoms with Gasteiger partial charge in [0.15, 0.2) is 5.79 Å². The van der Waals surface area contributed by atoms with Crippen LogP contribution in [0.25, 0.3) is 10.9 Å². The smallest absolute Gasteiger partial charge is 0.410 e. The molecule has 0 saturated carbocycles. The molecule has 1 spiro atoms. The number of H-pyrrole nitrogens is 1. The quantitative estimate of drug-likeness (QED) is 0.566. The van der Waals surface area contributed by atoms with E-state index in [1.54, 1.807) is 48.2 Å². The summed E-state index contributed by atoms with van der Waals surface area (Å²) >= 11 is 0. The molecule has 2 aromatic carbocycles. The Labute approximate surface area is 205 Å². The van der Waals surface area contributed by atoms with E-state index < -0.39 is 27.8 Å². The van der Waals surface area contributed by atoms with Crippen molar-refractivity contribution in [2.45, 2.75) is 54.7 Å². The van der Waals surface area contributed by atoms with Gasteiger partial charge in [-0.3, -0.25) is 4.90 Å². The number of likely N-dealkylation sites (tertiary alicyclic amines) is 1. The Morgan fingerprint density at radius 2 is 1.91 bits per heavy atom. The maximum absolute atomic E-state index is 13.5. The molecule has 5 rings (SSSR count). The first-order valence-corrected chi connectivity index (χ1v) is 13.5. The molecule has 1 N–H and O–H groups in total. The Hall–Kier alpha value is -2.88. The van der Waals surface area contributed by atoms with Gasteiger partial charge in [0, 0.05) is 36.0 Å². The number of ether oxygens (including phenoxy) is 3. The Balaban J connectivity index is 1.52. The van der Waals surface area contributed by atoms with Gasteiger partial charge in [0.2, 0.25) is 9.84 Å². The molecule has 1 atom stereocenters. The van der Waals surface area contributed by atoms with Crippen LogP contribution in [0.1, 0.15) is 31.0 Å². The van der Waals surface area contributed by atoms with Crippen molar-refractivity contribution in [1.29, 1.82) is 0 Å². The normalized spacial score (nSPS) is 19.9. The lowest BCUT2D eigenvalue weighted by atomic mass is 9.91. The Kier molecular flexibility index (Phi) is 6.33. The number of hydrogen-bond acceptors (Lipinski definition) is 6. The molecule has 2 aliphatic rings. The Morgan fingerprint density at radius 3 is 2.63 bits per heavy atom. The number of sulfone groups is 1. The second-order valence-electron chi connectivity index (χ2n) is 9.05. The summed E-state index contributed by atoms with van der Waals surface area (Å²) in [7, 11) is -3.71. The van der Waals surface area contributed by atoms with Gasteiger partial charge in [-0.2, -0.15) is 0 Å². The van der Waals surface area contributed by atoms with Crippen LogP contribution in [0.2, 0.25) is 0 Å². The van der Waals surface area contributed by atoms with Gasteiger partial charge < -0.3 is 19.2 Å². The first-order chi connectivity index (χ1) is 16.8. The molecule has 1 unspecified atom stereocenters. The van der Waals surface area contributed by atoms with Gasteiger partial charge in [-0.15, -0.1) is 0 Å². The SMILES string of the molecule is CCOC(=O)N1CCCC2(OCCO2)C1Cc1cc2c(S(=O)(=O)c3ccc(C)cc3)cccc2[nH]1. The number of carbonyl (C=O) groups is 1. The molecule has 0 aliphatic carbocycles. The second-order valence-corrected chi connectivity index (χ2v) is 11.0. The van der Waals surface area contributed by atoms with Crippen molar-refractivity contribution in [2.24, 2.45) is 0 Å². The van der Waals surface area contributed by atoms with Crippen molar-refractivity contribution in [3.8, 4) is 0 Å². The van der Waals surface area contributed by atoms with Crippen molar-refractivity contribution >= 4 is 26.8 Å². The third-order valence-corrected chi connectivity index (χ3v) is 8.63. The average molecular weight is 499 g/mol. The first kappa shape index (κ1) is 23.8. The molecular weight excluding hydrogens is 468 g/mol. The van der Waals surface area contributed by atoms with Gasteiger partial charge in [-0.05, 0) is 50.6 Å². The van der Waals surface area contributed by atoms with Crippen molar-refractivity contribution in [3.63, 3.8) is 0 Å². The minimum Gasteiger partial charge on any atom is -0.450 e.